The normalized spacial score (nSPS) is 10.7. The largest absolute Gasteiger partial charge is 0.293 e. The molecule has 3 heteroatoms. The maximum atomic E-state index is 11.8. The number of rotatable bonds is 9. The molecule has 0 aromatic carbocycles. The summed E-state index contributed by atoms with van der Waals surface area (Å²) in [5.74, 6) is 0.207. The molecule has 96 valence electrons. The third-order valence-electron chi connectivity index (χ3n) is 2.88. The van der Waals surface area contributed by atoms with E-state index in [9.17, 15) is 4.79 Å². The van der Waals surface area contributed by atoms with Crippen molar-refractivity contribution in [2.45, 2.75) is 58.3 Å². The van der Waals surface area contributed by atoms with Gasteiger partial charge in [-0.1, -0.05) is 57.0 Å². The molecule has 0 bridgehead atoms. The van der Waals surface area contributed by atoms with Gasteiger partial charge in [0, 0.05) is 6.42 Å². The van der Waals surface area contributed by atoms with Gasteiger partial charge in [-0.2, -0.15) is 0 Å². The summed E-state index contributed by atoms with van der Waals surface area (Å²) in [7, 11) is 0. The van der Waals surface area contributed by atoms with E-state index in [1.165, 1.54) is 49.9 Å². The van der Waals surface area contributed by atoms with Gasteiger partial charge in [0.05, 0.1) is 9.90 Å². The van der Waals surface area contributed by atoms with E-state index in [2.05, 4.69) is 6.92 Å². The van der Waals surface area contributed by atoms with Crippen LogP contribution in [0.5, 0.6) is 0 Å². The number of hydrogen-bond acceptors (Lipinski definition) is 2. The molecule has 0 saturated carbocycles. The second kappa shape index (κ2) is 8.71. The van der Waals surface area contributed by atoms with Crippen molar-refractivity contribution in [3.05, 3.63) is 21.3 Å². The third-order valence-corrected chi connectivity index (χ3v) is 4.26. The first-order valence-corrected chi connectivity index (χ1v) is 7.77. The molecule has 0 fully saturated rings. The average molecular weight is 273 g/mol. The molecular formula is C14H21ClOS. The van der Waals surface area contributed by atoms with E-state index < -0.39 is 0 Å². The monoisotopic (exact) mass is 272 g/mol. The Kier molecular flexibility index (Phi) is 7.54. The highest BCUT2D eigenvalue weighted by Crippen LogP contribution is 2.24. The van der Waals surface area contributed by atoms with Crippen LogP contribution in [0.2, 0.25) is 5.02 Å². The Morgan fingerprint density at radius 3 is 2.41 bits per heavy atom. The van der Waals surface area contributed by atoms with E-state index in [1.807, 2.05) is 5.38 Å². The van der Waals surface area contributed by atoms with Crippen LogP contribution in [0.25, 0.3) is 0 Å². The maximum absolute atomic E-state index is 11.8. The van der Waals surface area contributed by atoms with E-state index in [-0.39, 0.29) is 5.78 Å². The minimum absolute atomic E-state index is 0.207. The van der Waals surface area contributed by atoms with Gasteiger partial charge >= 0.3 is 0 Å². The summed E-state index contributed by atoms with van der Waals surface area (Å²) >= 11 is 7.37. The summed E-state index contributed by atoms with van der Waals surface area (Å²) < 4.78 is 0. The predicted octanol–water partition coefficient (Wildman–Crippen LogP) is 5.72. The van der Waals surface area contributed by atoms with Crippen LogP contribution in [0, 0.1) is 0 Å². The number of ketones is 1. The van der Waals surface area contributed by atoms with Crippen LogP contribution in [0.4, 0.5) is 0 Å². The summed E-state index contributed by atoms with van der Waals surface area (Å²) in [6, 6.07) is 1.80. The van der Waals surface area contributed by atoms with Gasteiger partial charge < -0.3 is 0 Å². The number of hydrogen-bond donors (Lipinski definition) is 0. The van der Waals surface area contributed by atoms with Gasteiger partial charge in [-0.25, -0.2) is 0 Å². The van der Waals surface area contributed by atoms with Crippen molar-refractivity contribution >= 4 is 28.7 Å². The molecule has 0 atom stereocenters. The Morgan fingerprint density at radius 1 is 1.18 bits per heavy atom. The van der Waals surface area contributed by atoms with E-state index in [4.69, 9.17) is 11.6 Å². The van der Waals surface area contributed by atoms with Gasteiger partial charge in [0.15, 0.2) is 5.78 Å². The van der Waals surface area contributed by atoms with E-state index in [0.717, 1.165) is 11.3 Å². The summed E-state index contributed by atoms with van der Waals surface area (Å²) in [6.07, 6.45) is 9.33. The lowest BCUT2D eigenvalue weighted by molar-refractivity contribution is 0.0983. The van der Waals surface area contributed by atoms with Crippen molar-refractivity contribution in [1.82, 2.24) is 0 Å². The van der Waals surface area contributed by atoms with Gasteiger partial charge in [-0.15, -0.1) is 11.3 Å². The van der Waals surface area contributed by atoms with E-state index >= 15 is 0 Å². The molecule has 1 heterocycles. The summed E-state index contributed by atoms with van der Waals surface area (Å²) in [5.41, 5.74) is 0. The van der Waals surface area contributed by atoms with Crippen molar-refractivity contribution < 1.29 is 4.79 Å². The molecule has 0 unspecified atom stereocenters. The fourth-order valence-corrected chi connectivity index (χ4v) is 2.98. The van der Waals surface area contributed by atoms with Gasteiger partial charge in [0.2, 0.25) is 0 Å². The molecule has 0 aliphatic carbocycles. The number of thiophene rings is 1. The summed E-state index contributed by atoms with van der Waals surface area (Å²) in [4.78, 5) is 12.5. The first kappa shape index (κ1) is 14.7. The second-order valence-corrected chi connectivity index (χ2v) is 5.72. The Balaban J connectivity index is 2.07. The van der Waals surface area contributed by atoms with Crippen LogP contribution in [-0.4, -0.2) is 5.78 Å². The van der Waals surface area contributed by atoms with Crippen LogP contribution in [0.15, 0.2) is 11.4 Å². The molecule has 0 radical (unpaired) electrons. The lowest BCUT2D eigenvalue weighted by Crippen LogP contribution is -1.96. The molecule has 1 nitrogen and oxygen atoms in total. The lowest BCUT2D eigenvalue weighted by atomic mass is 10.1. The maximum Gasteiger partial charge on any atom is 0.174 e. The van der Waals surface area contributed by atoms with Crippen LogP contribution in [0.1, 0.15) is 68.0 Å². The summed E-state index contributed by atoms with van der Waals surface area (Å²) in [5, 5.41) is 2.49. The average Bonchev–Trinajstić information content (AvgIpc) is 2.74. The molecule has 0 amide bonds. The third kappa shape index (κ3) is 5.69. The molecular weight excluding hydrogens is 252 g/mol. The first-order valence-electron chi connectivity index (χ1n) is 6.52. The van der Waals surface area contributed by atoms with Gasteiger partial charge in [0.25, 0.3) is 0 Å². The molecule has 0 spiro atoms. The molecule has 17 heavy (non-hydrogen) atoms. The van der Waals surface area contributed by atoms with E-state index in [0.29, 0.717) is 11.4 Å². The highest BCUT2D eigenvalue weighted by atomic mass is 35.5. The SMILES string of the molecule is CCCCCCCCCC(=O)c1sccc1Cl. The highest BCUT2D eigenvalue weighted by molar-refractivity contribution is 7.12. The second-order valence-electron chi connectivity index (χ2n) is 4.39. The quantitative estimate of drug-likeness (QED) is 0.415. The molecule has 1 aromatic rings. The molecule has 0 aliphatic heterocycles. The fraction of sp³-hybridized carbons (Fsp3) is 0.643. The van der Waals surface area contributed by atoms with Gasteiger partial charge in [0.1, 0.15) is 0 Å². The van der Waals surface area contributed by atoms with E-state index in [1.54, 1.807) is 6.07 Å². The zero-order valence-corrected chi connectivity index (χ0v) is 12.1. The number of carbonyl (C=O) groups excluding carboxylic acids is 1. The highest BCUT2D eigenvalue weighted by Gasteiger charge is 2.10. The standard InChI is InChI=1S/C14H21ClOS/c1-2-3-4-5-6-7-8-9-13(16)14-12(15)10-11-17-14/h10-11H,2-9H2,1H3. The molecule has 0 saturated heterocycles. The lowest BCUT2D eigenvalue weighted by Gasteiger charge is -2.01. The van der Waals surface area contributed by atoms with Crippen molar-refractivity contribution in [3.8, 4) is 0 Å². The Labute approximate surface area is 113 Å². The minimum atomic E-state index is 0.207. The predicted molar refractivity (Wildman–Crippen MR) is 76.3 cm³/mol. The van der Waals surface area contributed by atoms with Crippen molar-refractivity contribution in [2.24, 2.45) is 0 Å². The van der Waals surface area contributed by atoms with Crippen LogP contribution < -0.4 is 0 Å². The number of unbranched alkanes of at least 4 members (excludes halogenated alkanes) is 6. The molecule has 0 N–H and O–H groups in total. The molecule has 1 aromatic heterocycles. The smallest absolute Gasteiger partial charge is 0.174 e. The van der Waals surface area contributed by atoms with Crippen LogP contribution in [0.3, 0.4) is 0 Å². The molecule has 0 aliphatic rings. The van der Waals surface area contributed by atoms with Gasteiger partial charge in [-0.3, -0.25) is 4.79 Å². The Morgan fingerprint density at radius 2 is 1.82 bits per heavy atom. The minimum Gasteiger partial charge on any atom is -0.293 e. The zero-order valence-electron chi connectivity index (χ0n) is 10.5. The topological polar surface area (TPSA) is 17.1 Å². The Bertz CT molecular complexity index is 333. The Hall–Kier alpha value is -0.340. The van der Waals surface area contributed by atoms with Crippen molar-refractivity contribution in [3.63, 3.8) is 0 Å². The van der Waals surface area contributed by atoms with Gasteiger partial charge in [-0.05, 0) is 17.9 Å². The zero-order chi connectivity index (χ0) is 12.5. The fourth-order valence-electron chi connectivity index (χ4n) is 1.85. The van der Waals surface area contributed by atoms with Crippen molar-refractivity contribution in [2.75, 3.05) is 0 Å². The number of carbonyl (C=O) groups is 1. The van der Waals surface area contributed by atoms with Crippen LogP contribution in [-0.2, 0) is 0 Å². The summed E-state index contributed by atoms with van der Waals surface area (Å²) in [6.45, 7) is 2.23. The number of halogens is 1. The first-order chi connectivity index (χ1) is 8.25. The number of Topliss-reactive ketones (excluding diaryl/α,β-unsaturated/α-hetero) is 1. The van der Waals surface area contributed by atoms with Crippen molar-refractivity contribution in [1.29, 1.82) is 0 Å². The molecule has 1 rings (SSSR count). The van der Waals surface area contributed by atoms with Crippen LogP contribution >= 0.6 is 22.9 Å².